The number of nitrogens with one attached hydrogen (secondary N) is 4. The standard InChI is InChI=1S/C23H46N12O6/c1-13(18(37)35-16(21(40)41)8-5-11-31-23(28)29)32-19(38)15(7-4-10-30-22(26)27)34-20(39)14(6-2-3-9-24)33-17(36)12-25/h13-16H,2-12,24-25H2,1H3,(H,32,38)(H,33,36)(H,34,39)(H,35,37)(H,40,41)(H4,26,27,30)(H4,28,29,31)/t13-,14-,15-,16-/m0/s1. The van der Waals surface area contributed by atoms with Crippen molar-refractivity contribution in [1.29, 1.82) is 0 Å². The third-order valence-corrected chi connectivity index (χ3v) is 5.67. The summed E-state index contributed by atoms with van der Waals surface area (Å²) < 4.78 is 0. The molecule has 0 aliphatic rings. The van der Waals surface area contributed by atoms with Crippen molar-refractivity contribution in [3.8, 4) is 0 Å². The predicted molar refractivity (Wildman–Crippen MR) is 153 cm³/mol. The zero-order chi connectivity index (χ0) is 31.4. The second kappa shape index (κ2) is 20.7. The second-order valence-corrected chi connectivity index (χ2v) is 9.20. The third-order valence-electron chi connectivity index (χ3n) is 5.67. The van der Waals surface area contributed by atoms with E-state index in [2.05, 4.69) is 31.3 Å². The molecule has 0 bridgehead atoms. The van der Waals surface area contributed by atoms with Crippen molar-refractivity contribution in [3.05, 3.63) is 0 Å². The first-order valence-corrected chi connectivity index (χ1v) is 13.3. The molecule has 0 spiro atoms. The number of nitrogens with two attached hydrogens (primary N) is 6. The van der Waals surface area contributed by atoms with Crippen molar-refractivity contribution in [1.82, 2.24) is 21.3 Å². The number of guanidine groups is 2. The molecule has 0 aliphatic heterocycles. The Morgan fingerprint density at radius 2 is 1.12 bits per heavy atom. The Kier molecular flexibility index (Phi) is 18.6. The lowest BCUT2D eigenvalue weighted by atomic mass is 10.1. The molecular weight excluding hydrogens is 540 g/mol. The molecule has 234 valence electrons. The number of carbonyl (C=O) groups is 5. The van der Waals surface area contributed by atoms with E-state index in [1.54, 1.807) is 0 Å². The highest BCUT2D eigenvalue weighted by Crippen LogP contribution is 2.06. The van der Waals surface area contributed by atoms with E-state index < -0.39 is 53.8 Å². The number of rotatable bonds is 21. The highest BCUT2D eigenvalue weighted by molar-refractivity contribution is 5.95. The monoisotopic (exact) mass is 586 g/mol. The number of carbonyl (C=O) groups excluding carboxylic acids is 4. The van der Waals surface area contributed by atoms with Crippen LogP contribution in [0.4, 0.5) is 0 Å². The van der Waals surface area contributed by atoms with Crippen molar-refractivity contribution in [3.63, 3.8) is 0 Å². The molecule has 18 heteroatoms. The molecule has 0 rings (SSSR count). The third kappa shape index (κ3) is 17.2. The van der Waals surface area contributed by atoms with Gasteiger partial charge in [0.2, 0.25) is 23.6 Å². The molecule has 4 atom stereocenters. The van der Waals surface area contributed by atoms with Gasteiger partial charge in [-0.2, -0.15) is 0 Å². The summed E-state index contributed by atoms with van der Waals surface area (Å²) in [7, 11) is 0. The number of hydrogen-bond donors (Lipinski definition) is 11. The zero-order valence-electron chi connectivity index (χ0n) is 23.4. The number of carboxylic acids is 1. The number of unbranched alkanes of at least 4 members (excludes halogenated alkanes) is 1. The van der Waals surface area contributed by atoms with E-state index in [4.69, 9.17) is 34.4 Å². The van der Waals surface area contributed by atoms with Crippen LogP contribution >= 0.6 is 0 Å². The summed E-state index contributed by atoms with van der Waals surface area (Å²) in [5.41, 5.74) is 32.0. The Hall–Kier alpha value is -4.19. The van der Waals surface area contributed by atoms with Gasteiger partial charge in [-0.3, -0.25) is 29.2 Å². The summed E-state index contributed by atoms with van der Waals surface area (Å²) in [4.78, 5) is 69.9. The van der Waals surface area contributed by atoms with Crippen LogP contribution in [-0.2, 0) is 24.0 Å². The van der Waals surface area contributed by atoms with Gasteiger partial charge < -0.3 is 60.8 Å². The molecular formula is C23H46N12O6. The van der Waals surface area contributed by atoms with Crippen LogP contribution in [-0.4, -0.2) is 97.0 Å². The molecule has 4 amide bonds. The van der Waals surface area contributed by atoms with Crippen molar-refractivity contribution in [2.75, 3.05) is 26.2 Å². The molecule has 0 aromatic carbocycles. The van der Waals surface area contributed by atoms with Gasteiger partial charge in [0, 0.05) is 13.1 Å². The summed E-state index contributed by atoms with van der Waals surface area (Å²) in [6.07, 6.45) is 2.12. The van der Waals surface area contributed by atoms with Gasteiger partial charge >= 0.3 is 5.97 Å². The van der Waals surface area contributed by atoms with Crippen LogP contribution in [0, 0.1) is 0 Å². The normalized spacial score (nSPS) is 13.4. The van der Waals surface area contributed by atoms with Crippen LogP contribution in [0.25, 0.3) is 0 Å². The summed E-state index contributed by atoms with van der Waals surface area (Å²) >= 11 is 0. The van der Waals surface area contributed by atoms with Gasteiger partial charge in [0.05, 0.1) is 6.54 Å². The number of aliphatic imine (C=N–C) groups is 2. The summed E-state index contributed by atoms with van der Waals surface area (Å²) in [5, 5.41) is 19.4. The predicted octanol–water partition coefficient (Wildman–Crippen LogP) is -4.78. The molecule has 0 unspecified atom stereocenters. The maximum absolute atomic E-state index is 13.1. The molecule has 41 heavy (non-hydrogen) atoms. The molecule has 17 N–H and O–H groups in total. The molecule has 0 aromatic rings. The lowest BCUT2D eigenvalue weighted by Gasteiger charge is -2.25. The first-order chi connectivity index (χ1) is 19.3. The van der Waals surface area contributed by atoms with E-state index in [0.717, 1.165) is 0 Å². The van der Waals surface area contributed by atoms with Gasteiger partial charge in [-0.15, -0.1) is 0 Å². The van der Waals surface area contributed by atoms with E-state index in [9.17, 15) is 29.1 Å². The molecule has 0 fully saturated rings. The Morgan fingerprint density at radius 1 is 0.659 bits per heavy atom. The maximum atomic E-state index is 13.1. The van der Waals surface area contributed by atoms with E-state index >= 15 is 0 Å². The summed E-state index contributed by atoms with van der Waals surface area (Å²) in [6, 6.07) is -4.50. The lowest BCUT2D eigenvalue weighted by molar-refractivity contribution is -0.142. The number of carboxylic acid groups (broad SMARTS) is 1. The largest absolute Gasteiger partial charge is 0.480 e. The van der Waals surface area contributed by atoms with E-state index in [0.29, 0.717) is 25.8 Å². The van der Waals surface area contributed by atoms with Gasteiger partial charge in [-0.05, 0) is 58.4 Å². The molecule has 0 saturated carbocycles. The number of amides is 4. The minimum absolute atomic E-state index is 0.0437. The molecule has 0 aliphatic carbocycles. The molecule has 0 aromatic heterocycles. The Bertz CT molecular complexity index is 921. The van der Waals surface area contributed by atoms with Crippen molar-refractivity contribution < 1.29 is 29.1 Å². The molecule has 0 saturated heterocycles. The quantitative estimate of drug-likeness (QED) is 0.0343. The van der Waals surface area contributed by atoms with Gasteiger partial charge in [0.1, 0.15) is 24.2 Å². The van der Waals surface area contributed by atoms with Gasteiger partial charge in [-0.1, -0.05) is 0 Å². The summed E-state index contributed by atoms with van der Waals surface area (Å²) in [5.74, 6) is -4.20. The number of nitrogens with zero attached hydrogens (tertiary/aromatic N) is 2. The van der Waals surface area contributed by atoms with Crippen molar-refractivity contribution in [2.24, 2.45) is 44.4 Å². The number of hydrogen-bond acceptors (Lipinski definition) is 9. The van der Waals surface area contributed by atoms with Gasteiger partial charge in [0.15, 0.2) is 11.9 Å². The topological polar surface area (TPSA) is 335 Å². The van der Waals surface area contributed by atoms with Crippen molar-refractivity contribution >= 4 is 41.5 Å². The van der Waals surface area contributed by atoms with Gasteiger partial charge in [-0.25, -0.2) is 4.79 Å². The van der Waals surface area contributed by atoms with Crippen LogP contribution in [0.1, 0.15) is 51.9 Å². The molecule has 0 heterocycles. The number of aliphatic carboxylic acids is 1. The van der Waals surface area contributed by atoms with E-state index in [1.807, 2.05) is 0 Å². The van der Waals surface area contributed by atoms with Crippen molar-refractivity contribution in [2.45, 2.75) is 76.0 Å². The fraction of sp³-hybridized carbons (Fsp3) is 0.696. The average molecular weight is 587 g/mol. The zero-order valence-corrected chi connectivity index (χ0v) is 23.4. The second-order valence-electron chi connectivity index (χ2n) is 9.20. The summed E-state index contributed by atoms with van der Waals surface area (Å²) in [6.45, 7) is 1.77. The highest BCUT2D eigenvalue weighted by Gasteiger charge is 2.29. The molecule has 18 nitrogen and oxygen atoms in total. The Labute approximate surface area is 238 Å². The Morgan fingerprint density at radius 3 is 1.61 bits per heavy atom. The maximum Gasteiger partial charge on any atom is 0.326 e. The Balaban J connectivity index is 5.48. The van der Waals surface area contributed by atoms with Crippen LogP contribution in [0.3, 0.4) is 0 Å². The van der Waals surface area contributed by atoms with Crippen LogP contribution in [0.2, 0.25) is 0 Å². The smallest absolute Gasteiger partial charge is 0.326 e. The fourth-order valence-corrected chi connectivity index (χ4v) is 3.50. The van der Waals surface area contributed by atoms with Crippen LogP contribution in [0.5, 0.6) is 0 Å². The highest BCUT2D eigenvalue weighted by atomic mass is 16.4. The van der Waals surface area contributed by atoms with E-state index in [-0.39, 0.29) is 57.2 Å². The minimum Gasteiger partial charge on any atom is -0.480 e. The first-order valence-electron chi connectivity index (χ1n) is 13.3. The van der Waals surface area contributed by atoms with E-state index in [1.165, 1.54) is 6.92 Å². The fourth-order valence-electron chi connectivity index (χ4n) is 3.50. The van der Waals surface area contributed by atoms with Crippen LogP contribution in [0.15, 0.2) is 9.98 Å². The first kappa shape index (κ1) is 36.8. The minimum atomic E-state index is -1.27. The SMILES string of the molecule is C[C@H](NC(=O)[C@H](CCCN=C(N)N)NC(=O)[C@H](CCCCN)NC(=O)CN)C(=O)N[C@@H](CCCN=C(N)N)C(=O)O. The lowest BCUT2D eigenvalue weighted by Crippen LogP contribution is -2.57. The average Bonchev–Trinajstić information content (AvgIpc) is 2.90. The van der Waals surface area contributed by atoms with Gasteiger partial charge in [0.25, 0.3) is 0 Å². The molecule has 0 radical (unpaired) electrons. The van der Waals surface area contributed by atoms with Crippen LogP contribution < -0.4 is 55.7 Å².